The molecular weight excluding hydrogens is 254 g/mol. The van der Waals surface area contributed by atoms with Gasteiger partial charge < -0.3 is 4.55 Å². The Balaban J connectivity index is 2.41. The first-order valence-electron chi connectivity index (χ1n) is 5.59. The first kappa shape index (κ1) is 13.2. The summed E-state index contributed by atoms with van der Waals surface area (Å²) in [5.74, 6) is 0.532. The summed E-state index contributed by atoms with van der Waals surface area (Å²) >= 11 is -2.33. The lowest BCUT2D eigenvalue weighted by molar-refractivity contribution is 0.503. The van der Waals surface area contributed by atoms with Crippen LogP contribution in [0.4, 0.5) is 0 Å². The normalized spacial score (nSPS) is 16.1. The summed E-state index contributed by atoms with van der Waals surface area (Å²) in [6.45, 7) is 7.96. The van der Waals surface area contributed by atoms with Crippen molar-refractivity contribution in [3.63, 3.8) is 0 Å². The van der Waals surface area contributed by atoms with Gasteiger partial charge in [-0.15, -0.1) is 10.2 Å². The minimum Gasteiger partial charge on any atom is -0.760 e. The third-order valence-electron chi connectivity index (χ3n) is 2.69. The van der Waals surface area contributed by atoms with Crippen LogP contribution in [-0.2, 0) is 16.7 Å². The molecule has 100 valence electrons. The summed E-state index contributed by atoms with van der Waals surface area (Å²) in [4.78, 5) is 0. The molecule has 0 aromatic carbocycles. The minimum absolute atomic E-state index is 0.0318. The maximum atomic E-state index is 10.6. The van der Waals surface area contributed by atoms with Gasteiger partial charge in [-0.3, -0.25) is 9.31 Å². The predicted octanol–water partition coefficient (Wildman–Crippen LogP) is 0.800. The molecule has 2 aromatic heterocycles. The van der Waals surface area contributed by atoms with E-state index in [0.29, 0.717) is 11.5 Å². The van der Waals surface area contributed by atoms with Gasteiger partial charge in [-0.25, -0.2) is 9.24 Å². The van der Waals surface area contributed by atoms with E-state index in [1.165, 1.54) is 0 Å². The topological polar surface area (TPSA) is 98.1 Å². The molecule has 8 heteroatoms. The van der Waals surface area contributed by atoms with E-state index >= 15 is 0 Å². The highest BCUT2D eigenvalue weighted by Gasteiger charge is 2.20. The number of aromatic amines is 1. The second kappa shape index (κ2) is 4.45. The molecule has 0 fully saturated rings. The first-order chi connectivity index (χ1) is 8.29. The van der Waals surface area contributed by atoms with Gasteiger partial charge in [-0.05, 0) is 6.92 Å². The highest BCUT2D eigenvalue weighted by molar-refractivity contribution is 7.77. The zero-order chi connectivity index (χ0) is 13.5. The Morgan fingerprint density at radius 3 is 2.72 bits per heavy atom. The van der Waals surface area contributed by atoms with Crippen LogP contribution in [-0.4, -0.2) is 28.6 Å². The molecule has 7 nitrogen and oxygen atoms in total. The van der Waals surface area contributed by atoms with Gasteiger partial charge >= 0.3 is 0 Å². The van der Waals surface area contributed by atoms with Crippen molar-refractivity contribution in [1.29, 1.82) is 0 Å². The number of aromatic nitrogens is 4. The van der Waals surface area contributed by atoms with Gasteiger partial charge in [0.15, 0.2) is 11.5 Å². The van der Waals surface area contributed by atoms with Gasteiger partial charge in [-0.1, -0.05) is 20.8 Å². The minimum atomic E-state index is -2.33. The molecule has 0 aliphatic heterocycles. The van der Waals surface area contributed by atoms with Crippen LogP contribution in [0.2, 0.25) is 0 Å². The fourth-order valence-electron chi connectivity index (χ4n) is 1.66. The molecule has 0 saturated heterocycles. The highest BCUT2D eigenvalue weighted by atomic mass is 32.2. The average Bonchev–Trinajstić information content (AvgIpc) is 2.71. The molecule has 0 spiro atoms. The maximum absolute atomic E-state index is 10.6. The Hall–Kier alpha value is -1.25. The van der Waals surface area contributed by atoms with Crippen LogP contribution in [0.3, 0.4) is 0 Å². The van der Waals surface area contributed by atoms with Crippen molar-refractivity contribution in [2.24, 2.45) is 0 Å². The molecule has 2 heterocycles. The quantitative estimate of drug-likeness (QED) is 0.806. The van der Waals surface area contributed by atoms with Crippen LogP contribution >= 0.6 is 0 Å². The average molecular weight is 270 g/mol. The number of fused-ring (bicyclic) bond motifs is 1. The number of nitrogens with zero attached hydrogens (tertiary/aromatic N) is 3. The summed E-state index contributed by atoms with van der Waals surface area (Å²) in [5, 5.41) is 11.2. The molecule has 0 saturated carbocycles. The maximum Gasteiger partial charge on any atom is 0.177 e. The molecule has 0 aliphatic rings. The van der Waals surface area contributed by atoms with Crippen LogP contribution in [0.1, 0.15) is 45.3 Å². The van der Waals surface area contributed by atoms with Crippen molar-refractivity contribution in [3.05, 3.63) is 17.6 Å². The summed E-state index contributed by atoms with van der Waals surface area (Å²) in [6, 6.07) is 1.47. The van der Waals surface area contributed by atoms with Gasteiger partial charge in [0.25, 0.3) is 0 Å². The van der Waals surface area contributed by atoms with Crippen LogP contribution in [0.15, 0.2) is 6.07 Å². The second-order valence-electron chi connectivity index (χ2n) is 5.25. The lowest BCUT2D eigenvalue weighted by Crippen LogP contribution is -2.23. The van der Waals surface area contributed by atoms with E-state index in [4.69, 9.17) is 0 Å². The summed E-state index contributed by atoms with van der Waals surface area (Å²) < 4.78 is 25.3. The largest absolute Gasteiger partial charge is 0.760 e. The standard InChI is InChI=1S/C10H17N5O2S/c1-6(14-18(16)17)9-12-11-8-5-7(10(2,3)4)13-15(8)9/h5-6,13-14H,1-4H3,(H,16,17)/p-1. The molecule has 18 heavy (non-hydrogen) atoms. The van der Waals surface area contributed by atoms with Crippen LogP contribution < -0.4 is 4.72 Å². The van der Waals surface area contributed by atoms with Gasteiger partial charge in [0.1, 0.15) is 0 Å². The van der Waals surface area contributed by atoms with E-state index in [1.807, 2.05) is 6.07 Å². The Kier molecular flexibility index (Phi) is 3.26. The van der Waals surface area contributed by atoms with Crippen LogP contribution in [0.25, 0.3) is 5.65 Å². The number of nitrogens with one attached hydrogen (secondary N) is 2. The highest BCUT2D eigenvalue weighted by Crippen LogP contribution is 2.22. The third kappa shape index (κ3) is 2.45. The van der Waals surface area contributed by atoms with Crippen LogP contribution in [0.5, 0.6) is 0 Å². The Morgan fingerprint density at radius 2 is 2.17 bits per heavy atom. The SMILES string of the molecule is CC(NS(=O)[O-])c1nnc2cc(C(C)(C)C)[nH]n12. The molecule has 0 radical (unpaired) electrons. The Morgan fingerprint density at radius 1 is 1.50 bits per heavy atom. The van der Waals surface area contributed by atoms with Crippen LogP contribution in [0, 0.1) is 0 Å². The number of rotatable bonds is 3. The Bertz CT molecular complexity index is 583. The van der Waals surface area contributed by atoms with Gasteiger partial charge in [0, 0.05) is 28.4 Å². The van der Waals surface area contributed by atoms with Gasteiger partial charge in [-0.2, -0.15) is 0 Å². The fraction of sp³-hybridized carbons (Fsp3) is 0.600. The van der Waals surface area contributed by atoms with Crippen molar-refractivity contribution in [3.8, 4) is 0 Å². The first-order valence-corrected chi connectivity index (χ1v) is 6.66. The second-order valence-corrected chi connectivity index (χ2v) is 5.95. The monoisotopic (exact) mass is 270 g/mol. The molecule has 2 unspecified atom stereocenters. The number of H-pyrrole nitrogens is 1. The summed E-state index contributed by atoms with van der Waals surface area (Å²) in [7, 11) is 0. The van der Waals surface area contributed by atoms with Crippen molar-refractivity contribution < 1.29 is 8.76 Å². The molecule has 0 bridgehead atoms. The van der Waals surface area contributed by atoms with Crippen molar-refractivity contribution >= 4 is 16.9 Å². The zero-order valence-corrected chi connectivity index (χ0v) is 11.5. The number of hydrogen-bond acceptors (Lipinski definition) is 4. The van der Waals surface area contributed by atoms with Crippen molar-refractivity contribution in [2.75, 3.05) is 0 Å². The third-order valence-corrected chi connectivity index (χ3v) is 3.23. The molecule has 2 aromatic rings. The van der Waals surface area contributed by atoms with E-state index in [2.05, 4.69) is 40.8 Å². The molecule has 0 amide bonds. The van der Waals surface area contributed by atoms with E-state index in [1.54, 1.807) is 11.4 Å². The van der Waals surface area contributed by atoms with E-state index < -0.39 is 17.3 Å². The Labute approximate surface area is 107 Å². The predicted molar refractivity (Wildman–Crippen MR) is 66.5 cm³/mol. The van der Waals surface area contributed by atoms with Crippen molar-refractivity contribution in [1.82, 2.24) is 24.5 Å². The molecule has 2 N–H and O–H groups in total. The lowest BCUT2D eigenvalue weighted by Gasteiger charge is -2.16. The van der Waals surface area contributed by atoms with E-state index in [-0.39, 0.29) is 5.41 Å². The number of hydrogen-bond donors (Lipinski definition) is 2. The van der Waals surface area contributed by atoms with Gasteiger partial charge in [0.05, 0.1) is 6.04 Å². The summed E-state index contributed by atoms with van der Waals surface area (Å²) in [6.07, 6.45) is 0. The zero-order valence-electron chi connectivity index (χ0n) is 10.7. The van der Waals surface area contributed by atoms with E-state index in [9.17, 15) is 8.76 Å². The molecule has 2 rings (SSSR count). The fourth-order valence-corrected chi connectivity index (χ4v) is 2.05. The summed E-state index contributed by atoms with van der Waals surface area (Å²) in [5.41, 5.74) is 1.67. The van der Waals surface area contributed by atoms with Crippen molar-refractivity contribution in [2.45, 2.75) is 39.2 Å². The van der Waals surface area contributed by atoms with E-state index in [0.717, 1.165) is 5.69 Å². The molecular formula is C10H16N5O2S-. The lowest BCUT2D eigenvalue weighted by atomic mass is 9.93. The molecule has 2 atom stereocenters. The smallest absolute Gasteiger partial charge is 0.177 e. The van der Waals surface area contributed by atoms with Gasteiger partial charge in [0.2, 0.25) is 0 Å². The molecule has 0 aliphatic carbocycles.